The number of hydrogen-bond acceptors (Lipinski definition) is 4. The first-order valence-electron chi connectivity index (χ1n) is 6.90. The molecule has 0 saturated carbocycles. The fourth-order valence-corrected chi connectivity index (χ4v) is 2.69. The van der Waals surface area contributed by atoms with E-state index in [4.69, 9.17) is 10.5 Å². The van der Waals surface area contributed by atoms with Gasteiger partial charge >= 0.3 is 6.18 Å². The van der Waals surface area contributed by atoms with Crippen LogP contribution in [0, 0.1) is 11.8 Å². The minimum atomic E-state index is -4.42. The lowest BCUT2D eigenvalue weighted by Crippen LogP contribution is -2.37. The minimum absolute atomic E-state index is 0.0166. The number of carbonyl (C=O) groups excluding carboxylic acids is 1. The molecule has 1 amide bonds. The van der Waals surface area contributed by atoms with Crippen LogP contribution < -0.4 is 5.73 Å². The smallest absolute Gasteiger partial charge is 0.383 e. The van der Waals surface area contributed by atoms with Gasteiger partial charge < -0.3 is 10.5 Å². The number of likely N-dealkylation sites (tertiary alicyclic amines) is 1. The number of carbonyl (C=O) groups is 1. The van der Waals surface area contributed by atoms with Crippen molar-refractivity contribution in [2.45, 2.75) is 19.3 Å². The molecule has 2 heterocycles. The maximum Gasteiger partial charge on any atom is 0.393 e. The van der Waals surface area contributed by atoms with Gasteiger partial charge in [0.05, 0.1) is 31.2 Å². The Bertz CT molecular complexity index is 518. The molecular formula is C13H19F3N4O2. The molecule has 1 fully saturated rings. The van der Waals surface area contributed by atoms with Crippen molar-refractivity contribution >= 4 is 5.91 Å². The van der Waals surface area contributed by atoms with Crippen molar-refractivity contribution in [3.63, 3.8) is 0 Å². The zero-order valence-electron chi connectivity index (χ0n) is 12.2. The Hall–Kier alpha value is -1.61. The summed E-state index contributed by atoms with van der Waals surface area (Å²) in [6.07, 6.45) is -1.05. The van der Waals surface area contributed by atoms with Crippen molar-refractivity contribution in [1.29, 1.82) is 0 Å². The summed E-state index contributed by atoms with van der Waals surface area (Å²) in [5.41, 5.74) is 5.90. The Labute approximate surface area is 126 Å². The van der Waals surface area contributed by atoms with Gasteiger partial charge in [-0.3, -0.25) is 14.4 Å². The van der Waals surface area contributed by atoms with Gasteiger partial charge in [-0.25, -0.2) is 0 Å². The topological polar surface area (TPSA) is 73.4 Å². The number of methoxy groups -OCH3 is 1. The Morgan fingerprint density at radius 1 is 1.50 bits per heavy atom. The van der Waals surface area contributed by atoms with Gasteiger partial charge in [-0.05, 0) is 0 Å². The van der Waals surface area contributed by atoms with Gasteiger partial charge in [0.25, 0.3) is 0 Å². The predicted molar refractivity (Wildman–Crippen MR) is 71.6 cm³/mol. The van der Waals surface area contributed by atoms with Crippen LogP contribution >= 0.6 is 0 Å². The molecule has 1 aromatic rings. The maximum absolute atomic E-state index is 13.0. The van der Waals surface area contributed by atoms with E-state index in [0.29, 0.717) is 19.7 Å². The van der Waals surface area contributed by atoms with E-state index in [1.54, 1.807) is 29.1 Å². The highest BCUT2D eigenvalue weighted by Gasteiger charge is 2.51. The molecule has 0 unspecified atom stereocenters. The Morgan fingerprint density at radius 3 is 2.77 bits per heavy atom. The van der Waals surface area contributed by atoms with E-state index in [1.807, 2.05) is 0 Å². The summed E-state index contributed by atoms with van der Waals surface area (Å²) < 4.78 is 45.5. The van der Waals surface area contributed by atoms with Gasteiger partial charge in [0, 0.05) is 38.5 Å². The number of rotatable bonds is 6. The predicted octanol–water partition coefficient (Wildman–Crippen LogP) is 0.625. The lowest BCUT2D eigenvalue weighted by molar-refractivity contribution is -0.182. The van der Waals surface area contributed by atoms with E-state index in [1.165, 1.54) is 0 Å². The van der Waals surface area contributed by atoms with Crippen LogP contribution in [-0.4, -0.2) is 53.6 Å². The fraction of sp³-hybridized carbons (Fsp3) is 0.692. The molecule has 9 heteroatoms. The van der Waals surface area contributed by atoms with Crippen LogP contribution in [0.4, 0.5) is 13.2 Å². The number of hydrogen-bond donors (Lipinski definition) is 1. The number of amides is 1. The second-order valence-corrected chi connectivity index (χ2v) is 5.46. The van der Waals surface area contributed by atoms with Gasteiger partial charge in [-0.2, -0.15) is 18.3 Å². The molecule has 2 N–H and O–H groups in total. The molecule has 0 bridgehead atoms. The van der Waals surface area contributed by atoms with Crippen molar-refractivity contribution in [3.8, 4) is 0 Å². The third kappa shape index (κ3) is 3.98. The first-order chi connectivity index (χ1) is 10.3. The van der Waals surface area contributed by atoms with E-state index < -0.39 is 23.9 Å². The number of primary amides is 1. The summed E-state index contributed by atoms with van der Waals surface area (Å²) in [7, 11) is 1.58. The van der Waals surface area contributed by atoms with Gasteiger partial charge in [0.2, 0.25) is 5.91 Å². The SMILES string of the molecule is COCCn1cc(CN2C[C@@H](C(F)(F)F)[C@H](C(N)=O)C2)cn1. The maximum atomic E-state index is 13.0. The first kappa shape index (κ1) is 16.8. The number of nitrogens with two attached hydrogens (primary N) is 1. The van der Waals surface area contributed by atoms with Crippen molar-refractivity contribution in [3.05, 3.63) is 18.0 Å². The number of aromatic nitrogens is 2. The molecule has 2 rings (SSSR count). The summed E-state index contributed by atoms with van der Waals surface area (Å²) in [6.45, 7) is 1.18. The monoisotopic (exact) mass is 320 g/mol. The molecule has 2 atom stereocenters. The molecule has 6 nitrogen and oxygen atoms in total. The van der Waals surface area contributed by atoms with Crippen LogP contribution in [0.1, 0.15) is 5.56 Å². The Balaban J connectivity index is 1.99. The van der Waals surface area contributed by atoms with E-state index in [9.17, 15) is 18.0 Å². The molecule has 22 heavy (non-hydrogen) atoms. The molecule has 1 aromatic heterocycles. The van der Waals surface area contributed by atoms with Crippen LogP contribution in [0.3, 0.4) is 0 Å². The molecule has 1 aliphatic rings. The highest BCUT2D eigenvalue weighted by atomic mass is 19.4. The average molecular weight is 320 g/mol. The standard InChI is InChI=1S/C13H19F3N4O2/c1-22-3-2-20-6-9(4-18-20)5-19-7-10(12(17)21)11(8-19)13(14,15)16/h4,6,10-11H,2-3,5,7-8H2,1H3,(H2,17,21)/t10-,11-/m1/s1. The summed E-state index contributed by atoms with van der Waals surface area (Å²) in [4.78, 5) is 12.8. The largest absolute Gasteiger partial charge is 0.393 e. The van der Waals surface area contributed by atoms with Gasteiger partial charge in [-0.15, -0.1) is 0 Å². The molecule has 0 aliphatic carbocycles. The number of alkyl halides is 3. The van der Waals surface area contributed by atoms with Crippen molar-refractivity contribution in [2.75, 3.05) is 26.8 Å². The van der Waals surface area contributed by atoms with E-state index in [-0.39, 0.29) is 13.1 Å². The summed E-state index contributed by atoms with van der Waals surface area (Å²) in [6, 6.07) is 0. The Kier molecular flexibility index (Phi) is 5.07. The van der Waals surface area contributed by atoms with E-state index in [0.717, 1.165) is 5.56 Å². The van der Waals surface area contributed by atoms with Crippen LogP contribution in [0.25, 0.3) is 0 Å². The minimum Gasteiger partial charge on any atom is -0.383 e. The lowest BCUT2D eigenvalue weighted by atomic mass is 9.95. The van der Waals surface area contributed by atoms with Crippen molar-refractivity contribution in [2.24, 2.45) is 17.6 Å². The Morgan fingerprint density at radius 2 is 2.23 bits per heavy atom. The van der Waals surface area contributed by atoms with Crippen molar-refractivity contribution < 1.29 is 22.7 Å². The lowest BCUT2D eigenvalue weighted by Gasteiger charge is -2.18. The van der Waals surface area contributed by atoms with Crippen LogP contribution in [-0.2, 0) is 22.6 Å². The zero-order valence-corrected chi connectivity index (χ0v) is 12.2. The number of halogens is 3. The first-order valence-corrected chi connectivity index (χ1v) is 6.90. The highest BCUT2D eigenvalue weighted by Crippen LogP contribution is 2.37. The van der Waals surface area contributed by atoms with Crippen molar-refractivity contribution in [1.82, 2.24) is 14.7 Å². The molecule has 0 spiro atoms. The van der Waals surface area contributed by atoms with Crippen LogP contribution in [0.15, 0.2) is 12.4 Å². The number of ether oxygens (including phenoxy) is 1. The summed E-state index contributed by atoms with van der Waals surface area (Å²) in [5, 5.41) is 4.11. The van der Waals surface area contributed by atoms with E-state index >= 15 is 0 Å². The normalized spacial score (nSPS) is 23.1. The molecule has 0 radical (unpaired) electrons. The summed E-state index contributed by atoms with van der Waals surface area (Å²) >= 11 is 0. The molecule has 0 aromatic carbocycles. The van der Waals surface area contributed by atoms with E-state index in [2.05, 4.69) is 5.10 Å². The number of nitrogens with zero attached hydrogens (tertiary/aromatic N) is 3. The van der Waals surface area contributed by atoms with Gasteiger partial charge in [-0.1, -0.05) is 0 Å². The fourth-order valence-electron chi connectivity index (χ4n) is 2.69. The zero-order chi connectivity index (χ0) is 16.3. The molecular weight excluding hydrogens is 301 g/mol. The molecule has 1 saturated heterocycles. The van der Waals surface area contributed by atoms with Crippen LogP contribution in [0.5, 0.6) is 0 Å². The third-order valence-electron chi connectivity index (χ3n) is 3.80. The van der Waals surface area contributed by atoms with Gasteiger partial charge in [0.1, 0.15) is 0 Å². The second-order valence-electron chi connectivity index (χ2n) is 5.46. The van der Waals surface area contributed by atoms with Gasteiger partial charge in [0.15, 0.2) is 0 Å². The third-order valence-corrected chi connectivity index (χ3v) is 3.80. The van der Waals surface area contributed by atoms with Crippen LogP contribution in [0.2, 0.25) is 0 Å². The second kappa shape index (κ2) is 6.66. The summed E-state index contributed by atoms with van der Waals surface area (Å²) in [5.74, 6) is -3.79. The molecule has 1 aliphatic heterocycles. The quantitative estimate of drug-likeness (QED) is 0.834. The highest BCUT2D eigenvalue weighted by molar-refractivity contribution is 5.77. The molecule has 124 valence electrons. The average Bonchev–Trinajstić information content (AvgIpc) is 3.03.